The predicted molar refractivity (Wildman–Crippen MR) is 139 cm³/mol. The van der Waals surface area contributed by atoms with E-state index >= 15 is 0 Å². The average Bonchev–Trinajstić information content (AvgIpc) is 2.76. The molecule has 0 aromatic heterocycles. The molecule has 0 radical (unpaired) electrons. The van der Waals surface area contributed by atoms with E-state index in [4.69, 9.17) is 9.73 Å². The predicted octanol–water partition coefficient (Wildman–Crippen LogP) is 2.95. The molecule has 3 unspecified atom stereocenters. The van der Waals surface area contributed by atoms with Gasteiger partial charge in [0.15, 0.2) is 12.6 Å². The Kier molecular flexibility index (Phi) is 13.8. The quantitative estimate of drug-likeness (QED) is 0.231. The number of nitrogens with zero attached hydrogens (tertiary/aromatic N) is 1. The van der Waals surface area contributed by atoms with E-state index in [2.05, 4.69) is 16.0 Å². The van der Waals surface area contributed by atoms with Crippen molar-refractivity contribution in [3.05, 3.63) is 29.8 Å². The van der Waals surface area contributed by atoms with Gasteiger partial charge in [0.05, 0.1) is 6.54 Å². The number of likely N-dealkylation sites (N-methyl/N-ethyl adjacent to an activating group) is 1. The molecule has 0 spiro atoms. The molecule has 1 aromatic rings. The fraction of sp³-hybridized carbons (Fsp3) is 0.636. The molecule has 176 valence electrons. The molecule has 1 saturated carbocycles. The normalized spacial score (nSPS) is 19.6. The number of halogens is 1. The van der Waals surface area contributed by atoms with Gasteiger partial charge in [-0.05, 0) is 50.8 Å². The van der Waals surface area contributed by atoms with Crippen molar-refractivity contribution in [2.24, 2.45) is 4.99 Å². The summed E-state index contributed by atoms with van der Waals surface area (Å²) in [5, 5.41) is 9.83. The Balaban J connectivity index is 0.00000480. The summed E-state index contributed by atoms with van der Waals surface area (Å²) in [6.45, 7) is 7.79. The first-order chi connectivity index (χ1) is 14.5. The van der Waals surface area contributed by atoms with E-state index in [0.29, 0.717) is 24.9 Å². The minimum absolute atomic E-state index is 0. The monoisotopic (exact) mass is 564 g/mol. The van der Waals surface area contributed by atoms with Crippen LogP contribution in [0.15, 0.2) is 29.3 Å². The van der Waals surface area contributed by atoms with Gasteiger partial charge in [-0.25, -0.2) is 4.99 Å². The molecular formula is C22H37IN4O3S. The highest BCUT2D eigenvalue weighted by Crippen LogP contribution is 2.23. The number of guanidine groups is 1. The lowest BCUT2D eigenvalue weighted by Crippen LogP contribution is -2.46. The number of aliphatic imine (C=N–C) groups is 1. The zero-order valence-electron chi connectivity index (χ0n) is 18.8. The third kappa shape index (κ3) is 10.2. The van der Waals surface area contributed by atoms with Gasteiger partial charge >= 0.3 is 0 Å². The molecule has 1 aliphatic carbocycles. The number of ether oxygens (including phenoxy) is 1. The van der Waals surface area contributed by atoms with Crippen molar-refractivity contribution in [1.29, 1.82) is 0 Å². The van der Waals surface area contributed by atoms with Crippen molar-refractivity contribution < 1.29 is 13.7 Å². The van der Waals surface area contributed by atoms with Gasteiger partial charge in [0, 0.05) is 40.9 Å². The number of nitrogens with one attached hydrogen (secondary N) is 3. The summed E-state index contributed by atoms with van der Waals surface area (Å²) in [6.07, 6.45) is 4.15. The lowest BCUT2D eigenvalue weighted by molar-refractivity contribution is -0.122. The number of carbonyl (C=O) groups excluding carboxylic acids is 1. The maximum atomic E-state index is 12.2. The average molecular weight is 565 g/mol. The van der Waals surface area contributed by atoms with E-state index in [1.807, 2.05) is 45.0 Å². The van der Waals surface area contributed by atoms with Crippen LogP contribution in [0, 0.1) is 0 Å². The van der Waals surface area contributed by atoms with Crippen LogP contribution in [-0.4, -0.2) is 52.8 Å². The van der Waals surface area contributed by atoms with Crippen LogP contribution in [0.3, 0.4) is 0 Å². The van der Waals surface area contributed by atoms with Crippen LogP contribution in [-0.2, 0) is 22.1 Å². The van der Waals surface area contributed by atoms with Crippen molar-refractivity contribution >= 4 is 46.6 Å². The lowest BCUT2D eigenvalue weighted by atomic mass is 9.95. The SMILES string of the molecule is CCNC(=O)COc1cccc(CN=C(NCC)NC2CCCC(S(=O)CC)C2)c1.I. The highest BCUT2D eigenvalue weighted by molar-refractivity contribution is 14.0. The van der Waals surface area contributed by atoms with Gasteiger partial charge in [-0.15, -0.1) is 24.0 Å². The van der Waals surface area contributed by atoms with Crippen LogP contribution in [0.1, 0.15) is 52.0 Å². The maximum Gasteiger partial charge on any atom is 0.257 e. The minimum Gasteiger partial charge on any atom is -0.484 e. The number of amides is 1. The number of carbonyl (C=O) groups is 1. The molecule has 7 nitrogen and oxygen atoms in total. The molecule has 1 fully saturated rings. The maximum absolute atomic E-state index is 12.2. The molecule has 0 heterocycles. The topological polar surface area (TPSA) is 91.8 Å². The first-order valence-electron chi connectivity index (χ1n) is 11.0. The standard InChI is InChI=1S/C22H36N4O3S.HI/c1-4-23-21(27)16-29-19-11-7-9-17(13-19)15-25-22(24-5-2)26-18-10-8-12-20(14-18)30(28)6-3;/h7,9,11,13,18,20H,4-6,8,10,12,14-16H2,1-3H3,(H,23,27)(H2,24,25,26);1H. The van der Waals surface area contributed by atoms with E-state index in [-0.39, 0.29) is 41.7 Å². The molecule has 1 amide bonds. The lowest BCUT2D eigenvalue weighted by Gasteiger charge is -2.30. The number of hydrogen-bond acceptors (Lipinski definition) is 4. The van der Waals surface area contributed by atoms with Crippen LogP contribution in [0.2, 0.25) is 0 Å². The number of benzene rings is 1. The second kappa shape index (κ2) is 15.4. The van der Waals surface area contributed by atoms with Crippen LogP contribution in [0.5, 0.6) is 5.75 Å². The van der Waals surface area contributed by atoms with E-state index in [9.17, 15) is 9.00 Å². The Morgan fingerprint density at radius 2 is 1.97 bits per heavy atom. The molecule has 3 N–H and O–H groups in total. The smallest absolute Gasteiger partial charge is 0.257 e. The van der Waals surface area contributed by atoms with Crippen LogP contribution < -0.4 is 20.7 Å². The molecule has 31 heavy (non-hydrogen) atoms. The molecule has 0 aliphatic heterocycles. The van der Waals surface area contributed by atoms with Crippen molar-refractivity contribution in [2.45, 2.75) is 64.3 Å². The van der Waals surface area contributed by atoms with E-state index < -0.39 is 10.8 Å². The van der Waals surface area contributed by atoms with E-state index in [1.165, 1.54) is 0 Å². The number of hydrogen-bond donors (Lipinski definition) is 3. The summed E-state index contributed by atoms with van der Waals surface area (Å²) in [5.41, 5.74) is 1.01. The molecule has 1 aromatic carbocycles. The summed E-state index contributed by atoms with van der Waals surface area (Å²) >= 11 is 0. The summed E-state index contributed by atoms with van der Waals surface area (Å²) in [6, 6.07) is 7.94. The molecule has 2 rings (SSSR count). The van der Waals surface area contributed by atoms with Crippen LogP contribution >= 0.6 is 24.0 Å². The van der Waals surface area contributed by atoms with E-state index in [0.717, 1.165) is 49.5 Å². The van der Waals surface area contributed by atoms with Crippen molar-refractivity contribution in [3.63, 3.8) is 0 Å². The number of rotatable bonds is 10. The first-order valence-corrected chi connectivity index (χ1v) is 12.3. The highest BCUT2D eigenvalue weighted by atomic mass is 127. The Bertz CT molecular complexity index is 732. The van der Waals surface area contributed by atoms with Crippen LogP contribution in [0.25, 0.3) is 0 Å². The van der Waals surface area contributed by atoms with Gasteiger partial charge < -0.3 is 20.7 Å². The van der Waals surface area contributed by atoms with Gasteiger partial charge in [0.1, 0.15) is 5.75 Å². The molecule has 3 atom stereocenters. The molecule has 0 saturated heterocycles. The molecular weight excluding hydrogens is 527 g/mol. The Morgan fingerprint density at radius 3 is 2.68 bits per heavy atom. The fourth-order valence-corrected chi connectivity index (χ4v) is 4.91. The van der Waals surface area contributed by atoms with Crippen molar-refractivity contribution in [1.82, 2.24) is 16.0 Å². The Morgan fingerprint density at radius 1 is 1.19 bits per heavy atom. The zero-order valence-corrected chi connectivity index (χ0v) is 22.0. The third-order valence-electron chi connectivity index (χ3n) is 5.03. The van der Waals surface area contributed by atoms with Gasteiger partial charge in [-0.1, -0.05) is 25.5 Å². The Labute approximate surface area is 206 Å². The second-order valence-electron chi connectivity index (χ2n) is 7.38. The van der Waals surface area contributed by atoms with E-state index in [1.54, 1.807) is 0 Å². The largest absolute Gasteiger partial charge is 0.484 e. The molecule has 0 bridgehead atoms. The van der Waals surface area contributed by atoms with Crippen molar-refractivity contribution in [3.8, 4) is 5.75 Å². The fourth-order valence-electron chi connectivity index (χ4n) is 3.56. The summed E-state index contributed by atoms with van der Waals surface area (Å²) in [7, 11) is -0.739. The minimum atomic E-state index is -0.739. The zero-order chi connectivity index (χ0) is 21.8. The molecule has 9 heteroatoms. The first kappa shape index (κ1) is 27.7. The van der Waals surface area contributed by atoms with Gasteiger partial charge in [0.25, 0.3) is 5.91 Å². The summed E-state index contributed by atoms with van der Waals surface area (Å²) in [5.74, 6) is 2.03. The summed E-state index contributed by atoms with van der Waals surface area (Å²) in [4.78, 5) is 16.3. The van der Waals surface area contributed by atoms with Gasteiger partial charge in [-0.2, -0.15) is 0 Å². The van der Waals surface area contributed by atoms with Crippen molar-refractivity contribution in [2.75, 3.05) is 25.4 Å². The third-order valence-corrected chi connectivity index (χ3v) is 6.77. The van der Waals surface area contributed by atoms with Crippen LogP contribution in [0.4, 0.5) is 0 Å². The highest BCUT2D eigenvalue weighted by Gasteiger charge is 2.26. The van der Waals surface area contributed by atoms with Gasteiger partial charge in [0.2, 0.25) is 0 Å². The van der Waals surface area contributed by atoms with Gasteiger partial charge in [-0.3, -0.25) is 9.00 Å². The second-order valence-corrected chi connectivity index (χ2v) is 9.39. The Hall–Kier alpha value is -1.36. The molecule has 1 aliphatic rings. The summed E-state index contributed by atoms with van der Waals surface area (Å²) < 4.78 is 17.8.